The fourth-order valence-corrected chi connectivity index (χ4v) is 1.80. The average Bonchev–Trinajstić information content (AvgIpc) is 2.47. The number of halogens is 1. The quantitative estimate of drug-likeness (QED) is 0.807. The van der Waals surface area contributed by atoms with Gasteiger partial charge >= 0.3 is 0 Å². The predicted octanol–water partition coefficient (Wildman–Crippen LogP) is 1.87. The second-order valence-electron chi connectivity index (χ2n) is 3.28. The van der Waals surface area contributed by atoms with Crippen LogP contribution in [0.5, 0.6) is 0 Å². The molecule has 1 rings (SSSR count). The summed E-state index contributed by atoms with van der Waals surface area (Å²) in [6, 6.07) is 1.39. The summed E-state index contributed by atoms with van der Waals surface area (Å²) >= 11 is 1.27. The van der Waals surface area contributed by atoms with Crippen LogP contribution in [-0.2, 0) is 0 Å². The van der Waals surface area contributed by atoms with Crippen molar-refractivity contribution in [2.75, 3.05) is 20.6 Å². The lowest BCUT2D eigenvalue weighted by atomic mass is 10.2. The van der Waals surface area contributed by atoms with E-state index in [1.54, 1.807) is 0 Å². The second kappa shape index (κ2) is 4.69. The lowest BCUT2D eigenvalue weighted by Gasteiger charge is -2.12. The third kappa shape index (κ3) is 3.42. The molecule has 1 N–H and O–H groups in total. The summed E-state index contributed by atoms with van der Waals surface area (Å²) in [7, 11) is 3.89. The van der Waals surface area contributed by atoms with Gasteiger partial charge in [0.25, 0.3) is 0 Å². The number of nitrogens with zero attached hydrogens (tertiary/aromatic N) is 1. The predicted molar refractivity (Wildman–Crippen MR) is 52.4 cm³/mol. The van der Waals surface area contributed by atoms with Gasteiger partial charge in [0.15, 0.2) is 0 Å². The maximum atomic E-state index is 12.6. The van der Waals surface area contributed by atoms with Crippen molar-refractivity contribution < 1.29 is 9.50 Å². The van der Waals surface area contributed by atoms with E-state index in [2.05, 4.69) is 0 Å². The molecule has 1 aromatic heterocycles. The van der Waals surface area contributed by atoms with Crippen molar-refractivity contribution in [1.29, 1.82) is 0 Å². The summed E-state index contributed by atoms with van der Waals surface area (Å²) in [4.78, 5) is 2.70. The maximum Gasteiger partial charge on any atom is 0.134 e. The standard InChI is InChI=1S/C9H14FNOS/c1-11(2)4-3-8(12)9-5-7(10)6-13-9/h5-6,8,12H,3-4H2,1-2H3. The SMILES string of the molecule is CN(C)CCC(O)c1cc(F)cs1. The Morgan fingerprint density at radius 1 is 1.62 bits per heavy atom. The van der Waals surface area contributed by atoms with Gasteiger partial charge in [-0.3, -0.25) is 0 Å². The zero-order valence-corrected chi connectivity index (χ0v) is 8.64. The molecule has 13 heavy (non-hydrogen) atoms. The molecule has 0 saturated heterocycles. The van der Waals surface area contributed by atoms with Crippen LogP contribution in [0.4, 0.5) is 4.39 Å². The van der Waals surface area contributed by atoms with Gasteiger partial charge < -0.3 is 10.0 Å². The Morgan fingerprint density at radius 3 is 2.77 bits per heavy atom. The van der Waals surface area contributed by atoms with E-state index in [0.717, 1.165) is 6.54 Å². The minimum absolute atomic E-state index is 0.260. The first kappa shape index (κ1) is 10.6. The van der Waals surface area contributed by atoms with Gasteiger partial charge in [-0.2, -0.15) is 0 Å². The third-order valence-electron chi connectivity index (χ3n) is 1.77. The number of hydrogen-bond acceptors (Lipinski definition) is 3. The minimum atomic E-state index is -0.531. The molecule has 1 atom stereocenters. The smallest absolute Gasteiger partial charge is 0.134 e. The number of rotatable bonds is 4. The zero-order valence-electron chi connectivity index (χ0n) is 7.83. The number of thiophene rings is 1. The number of aliphatic hydroxyl groups is 1. The highest BCUT2D eigenvalue weighted by Gasteiger charge is 2.10. The molecule has 0 saturated carbocycles. The van der Waals surface area contributed by atoms with E-state index < -0.39 is 6.10 Å². The summed E-state index contributed by atoms with van der Waals surface area (Å²) in [5, 5.41) is 11.0. The fraction of sp³-hybridized carbons (Fsp3) is 0.556. The van der Waals surface area contributed by atoms with Crippen LogP contribution in [0.15, 0.2) is 11.4 Å². The van der Waals surface area contributed by atoms with E-state index in [1.807, 2.05) is 19.0 Å². The van der Waals surface area contributed by atoms with Crippen LogP contribution in [0, 0.1) is 5.82 Å². The number of hydrogen-bond donors (Lipinski definition) is 1. The lowest BCUT2D eigenvalue weighted by molar-refractivity contribution is 0.157. The monoisotopic (exact) mass is 203 g/mol. The van der Waals surface area contributed by atoms with E-state index in [0.29, 0.717) is 11.3 Å². The Bertz CT molecular complexity index is 262. The van der Waals surface area contributed by atoms with E-state index in [4.69, 9.17) is 0 Å². The van der Waals surface area contributed by atoms with Gasteiger partial charge in [0.05, 0.1) is 6.10 Å². The number of aliphatic hydroxyl groups excluding tert-OH is 1. The topological polar surface area (TPSA) is 23.5 Å². The highest BCUT2D eigenvalue weighted by Crippen LogP contribution is 2.23. The van der Waals surface area contributed by atoms with Crippen LogP contribution < -0.4 is 0 Å². The van der Waals surface area contributed by atoms with Crippen LogP contribution in [0.2, 0.25) is 0 Å². The molecule has 0 amide bonds. The van der Waals surface area contributed by atoms with Crippen molar-refractivity contribution in [2.24, 2.45) is 0 Å². The first-order valence-electron chi connectivity index (χ1n) is 4.16. The van der Waals surface area contributed by atoms with E-state index in [9.17, 15) is 9.50 Å². The Morgan fingerprint density at radius 2 is 2.31 bits per heavy atom. The normalized spacial score (nSPS) is 13.6. The van der Waals surface area contributed by atoms with Crippen molar-refractivity contribution in [3.05, 3.63) is 22.1 Å². The fourth-order valence-electron chi connectivity index (χ4n) is 1.03. The van der Waals surface area contributed by atoms with Crippen molar-refractivity contribution in [3.8, 4) is 0 Å². The summed E-state index contributed by atoms with van der Waals surface area (Å²) in [6.45, 7) is 0.806. The molecule has 1 heterocycles. The molecule has 0 fully saturated rings. The molecule has 1 unspecified atom stereocenters. The van der Waals surface area contributed by atoms with Crippen molar-refractivity contribution in [3.63, 3.8) is 0 Å². The second-order valence-corrected chi connectivity index (χ2v) is 4.22. The van der Waals surface area contributed by atoms with Crippen molar-refractivity contribution in [1.82, 2.24) is 4.90 Å². The molecule has 0 spiro atoms. The van der Waals surface area contributed by atoms with Crippen LogP contribution in [0.25, 0.3) is 0 Å². The molecular formula is C9H14FNOS. The van der Waals surface area contributed by atoms with Gasteiger partial charge in [-0.25, -0.2) is 4.39 Å². The highest BCUT2D eigenvalue weighted by molar-refractivity contribution is 7.10. The Labute approximate surface area is 81.6 Å². The minimum Gasteiger partial charge on any atom is -0.388 e. The molecule has 2 nitrogen and oxygen atoms in total. The van der Waals surface area contributed by atoms with Gasteiger partial charge in [0, 0.05) is 16.8 Å². The lowest BCUT2D eigenvalue weighted by Crippen LogP contribution is -2.15. The third-order valence-corrected chi connectivity index (χ3v) is 2.77. The molecule has 4 heteroatoms. The highest BCUT2D eigenvalue weighted by atomic mass is 32.1. The van der Waals surface area contributed by atoms with Crippen molar-refractivity contribution in [2.45, 2.75) is 12.5 Å². The molecule has 0 aromatic carbocycles. The molecule has 0 aliphatic carbocycles. The Balaban J connectivity index is 2.44. The van der Waals surface area contributed by atoms with Crippen LogP contribution in [-0.4, -0.2) is 30.6 Å². The average molecular weight is 203 g/mol. The molecule has 0 aliphatic rings. The molecule has 0 bridgehead atoms. The van der Waals surface area contributed by atoms with Crippen LogP contribution in [0.1, 0.15) is 17.4 Å². The summed E-state index contributed by atoms with van der Waals surface area (Å²) < 4.78 is 12.6. The molecular weight excluding hydrogens is 189 g/mol. The van der Waals surface area contributed by atoms with E-state index >= 15 is 0 Å². The van der Waals surface area contributed by atoms with Gasteiger partial charge in [-0.05, 0) is 26.6 Å². The largest absolute Gasteiger partial charge is 0.388 e. The first-order chi connectivity index (χ1) is 6.09. The summed E-state index contributed by atoms with van der Waals surface area (Å²) in [5.41, 5.74) is 0. The Hall–Kier alpha value is -0.450. The Kier molecular flexibility index (Phi) is 3.84. The molecule has 74 valence electrons. The van der Waals surface area contributed by atoms with Gasteiger partial charge in [-0.1, -0.05) is 0 Å². The van der Waals surface area contributed by atoms with Crippen LogP contribution >= 0.6 is 11.3 Å². The van der Waals surface area contributed by atoms with Gasteiger partial charge in [0.1, 0.15) is 5.82 Å². The van der Waals surface area contributed by atoms with E-state index in [-0.39, 0.29) is 5.82 Å². The van der Waals surface area contributed by atoms with E-state index in [1.165, 1.54) is 22.8 Å². The molecule has 0 aliphatic heterocycles. The van der Waals surface area contributed by atoms with Crippen molar-refractivity contribution >= 4 is 11.3 Å². The van der Waals surface area contributed by atoms with Crippen LogP contribution in [0.3, 0.4) is 0 Å². The first-order valence-corrected chi connectivity index (χ1v) is 5.04. The summed E-state index contributed by atoms with van der Waals surface area (Å²) in [5.74, 6) is -0.260. The van der Waals surface area contributed by atoms with Gasteiger partial charge in [0.2, 0.25) is 0 Å². The zero-order chi connectivity index (χ0) is 9.84. The molecule has 1 aromatic rings. The summed E-state index contributed by atoms with van der Waals surface area (Å²) in [6.07, 6.45) is 0.115. The molecule has 0 radical (unpaired) electrons. The maximum absolute atomic E-state index is 12.6. The van der Waals surface area contributed by atoms with Gasteiger partial charge in [-0.15, -0.1) is 11.3 Å².